The first-order valence-electron chi connectivity index (χ1n) is 8.84. The number of carbonyl (C=O) groups is 1. The van der Waals surface area contributed by atoms with Crippen LogP contribution in [0.4, 0.5) is 0 Å². The molecule has 0 saturated carbocycles. The Bertz CT molecular complexity index is 569. The fourth-order valence-electron chi connectivity index (χ4n) is 2.71. The Morgan fingerprint density at radius 2 is 2.04 bits per heavy atom. The number of carbonyl (C=O) groups excluding carboxylic acids is 1. The van der Waals surface area contributed by atoms with Gasteiger partial charge in [0.05, 0.1) is 12.6 Å². The van der Waals surface area contributed by atoms with Crippen LogP contribution in [0, 0.1) is 5.41 Å². The molecule has 1 amide bonds. The maximum atomic E-state index is 12.6. The summed E-state index contributed by atoms with van der Waals surface area (Å²) in [6, 6.07) is -0.479. The largest absolute Gasteiger partial charge is 0.374 e. The van der Waals surface area contributed by atoms with Crippen LogP contribution < -0.4 is 5.73 Å². The molecule has 1 aliphatic rings. The highest BCUT2D eigenvalue weighted by Crippen LogP contribution is 2.20. The molecule has 8 nitrogen and oxygen atoms in total. The highest BCUT2D eigenvalue weighted by atomic mass is 16.5. The molecule has 0 aliphatic carbocycles. The minimum atomic E-state index is -0.479. The molecule has 2 atom stereocenters. The van der Waals surface area contributed by atoms with Crippen molar-refractivity contribution in [3.63, 3.8) is 0 Å². The Morgan fingerprint density at radius 3 is 2.68 bits per heavy atom. The van der Waals surface area contributed by atoms with E-state index in [0.29, 0.717) is 24.8 Å². The molecule has 8 heteroatoms. The van der Waals surface area contributed by atoms with E-state index < -0.39 is 6.04 Å². The van der Waals surface area contributed by atoms with E-state index in [-0.39, 0.29) is 17.4 Å². The first kappa shape index (κ1) is 19.8. The Morgan fingerprint density at radius 1 is 1.32 bits per heavy atom. The summed E-state index contributed by atoms with van der Waals surface area (Å²) in [7, 11) is 1.61. The average molecular weight is 353 g/mol. The van der Waals surface area contributed by atoms with Gasteiger partial charge in [-0.05, 0) is 18.8 Å². The van der Waals surface area contributed by atoms with Gasteiger partial charge in [0.1, 0.15) is 6.10 Å². The number of amides is 1. The molecule has 1 aromatic heterocycles. The normalized spacial score (nSPS) is 19.5. The lowest BCUT2D eigenvalue weighted by molar-refractivity contribution is -0.134. The Hall–Kier alpha value is -1.51. The van der Waals surface area contributed by atoms with E-state index in [0.717, 1.165) is 26.1 Å². The van der Waals surface area contributed by atoms with Gasteiger partial charge in [-0.3, -0.25) is 9.69 Å². The lowest BCUT2D eigenvalue weighted by Crippen LogP contribution is -2.51. The summed E-state index contributed by atoms with van der Waals surface area (Å²) in [6.45, 7) is 11.5. The van der Waals surface area contributed by atoms with E-state index in [4.69, 9.17) is 15.0 Å². The lowest BCUT2D eigenvalue weighted by atomic mass is 9.86. The predicted molar refractivity (Wildman–Crippen MR) is 93.6 cm³/mol. The molecule has 2 rings (SSSR count). The minimum absolute atomic E-state index is 0.0309. The van der Waals surface area contributed by atoms with Gasteiger partial charge in [-0.2, -0.15) is 4.98 Å². The lowest BCUT2D eigenvalue weighted by Gasteiger charge is -2.31. The Labute approximate surface area is 149 Å². The van der Waals surface area contributed by atoms with Crippen molar-refractivity contribution in [3.8, 4) is 0 Å². The minimum Gasteiger partial charge on any atom is -0.374 e. The average Bonchev–Trinajstić information content (AvgIpc) is 2.90. The van der Waals surface area contributed by atoms with Crippen LogP contribution in [0.1, 0.15) is 51.9 Å². The molecule has 2 heterocycles. The van der Waals surface area contributed by atoms with Crippen molar-refractivity contribution in [1.29, 1.82) is 0 Å². The number of hydrogen-bond acceptors (Lipinski definition) is 7. The Balaban J connectivity index is 1.91. The SMILES string of the molecule is COC(C)c1noc(CN2CCCN(C(=O)[C@@H](N)C(C)(C)C)CC2)n1. The molecule has 2 N–H and O–H groups in total. The van der Waals surface area contributed by atoms with Crippen molar-refractivity contribution in [3.05, 3.63) is 11.7 Å². The molecular formula is C17H31N5O3. The van der Waals surface area contributed by atoms with Crippen molar-refractivity contribution in [2.24, 2.45) is 11.1 Å². The number of methoxy groups -OCH3 is 1. The molecule has 0 aromatic carbocycles. The zero-order chi connectivity index (χ0) is 18.6. The van der Waals surface area contributed by atoms with Crippen LogP contribution in [0.25, 0.3) is 0 Å². The van der Waals surface area contributed by atoms with Gasteiger partial charge in [0.15, 0.2) is 5.82 Å². The monoisotopic (exact) mass is 353 g/mol. The third kappa shape index (κ3) is 5.23. The summed E-state index contributed by atoms with van der Waals surface area (Å²) >= 11 is 0. The van der Waals surface area contributed by atoms with Gasteiger partial charge < -0.3 is 19.9 Å². The number of aromatic nitrogens is 2. The summed E-state index contributed by atoms with van der Waals surface area (Å²) in [6.07, 6.45) is 0.714. The van der Waals surface area contributed by atoms with E-state index in [2.05, 4.69) is 15.0 Å². The zero-order valence-corrected chi connectivity index (χ0v) is 16.0. The van der Waals surface area contributed by atoms with Gasteiger partial charge in [-0.25, -0.2) is 0 Å². The van der Waals surface area contributed by atoms with E-state index in [9.17, 15) is 4.79 Å². The Kier molecular flexibility index (Phi) is 6.53. The number of hydrogen-bond donors (Lipinski definition) is 1. The third-order valence-corrected chi connectivity index (χ3v) is 4.66. The second-order valence-corrected chi connectivity index (χ2v) is 7.72. The summed E-state index contributed by atoms with van der Waals surface area (Å²) < 4.78 is 10.5. The van der Waals surface area contributed by atoms with Crippen molar-refractivity contribution in [1.82, 2.24) is 19.9 Å². The van der Waals surface area contributed by atoms with Crippen LogP contribution in [0.5, 0.6) is 0 Å². The van der Waals surface area contributed by atoms with Gasteiger partial charge in [-0.1, -0.05) is 25.9 Å². The molecule has 142 valence electrons. The number of rotatable bonds is 5. The standard InChI is InChI=1S/C17H31N5O3/c1-12(24-5)15-19-13(25-20-15)11-21-7-6-8-22(10-9-21)16(23)14(18)17(2,3)4/h12,14H,6-11,18H2,1-5H3/t12?,14-/m1/s1. The summed E-state index contributed by atoms with van der Waals surface area (Å²) in [5.41, 5.74) is 5.89. The van der Waals surface area contributed by atoms with Crippen LogP contribution in [0.3, 0.4) is 0 Å². The van der Waals surface area contributed by atoms with Crippen LogP contribution in [-0.2, 0) is 16.1 Å². The van der Waals surface area contributed by atoms with E-state index in [1.807, 2.05) is 32.6 Å². The van der Waals surface area contributed by atoms with Crippen molar-refractivity contribution in [2.45, 2.75) is 52.8 Å². The summed E-state index contributed by atoms with van der Waals surface area (Å²) in [4.78, 5) is 21.1. The second-order valence-electron chi connectivity index (χ2n) is 7.72. The molecule has 1 aliphatic heterocycles. The van der Waals surface area contributed by atoms with E-state index >= 15 is 0 Å². The predicted octanol–water partition coefficient (Wildman–Crippen LogP) is 1.18. The number of nitrogens with two attached hydrogens (primary N) is 1. The van der Waals surface area contributed by atoms with Gasteiger partial charge >= 0.3 is 0 Å². The van der Waals surface area contributed by atoms with Gasteiger partial charge in [0.25, 0.3) is 0 Å². The van der Waals surface area contributed by atoms with Crippen LogP contribution in [-0.4, -0.2) is 65.2 Å². The molecule has 0 bridgehead atoms. The highest BCUT2D eigenvalue weighted by molar-refractivity contribution is 5.82. The topological polar surface area (TPSA) is 97.7 Å². The second kappa shape index (κ2) is 8.25. The maximum absolute atomic E-state index is 12.6. The van der Waals surface area contributed by atoms with Gasteiger partial charge in [0, 0.05) is 33.3 Å². The smallest absolute Gasteiger partial charge is 0.240 e. The molecule has 0 radical (unpaired) electrons. The molecular weight excluding hydrogens is 322 g/mol. The molecule has 0 spiro atoms. The van der Waals surface area contributed by atoms with E-state index in [1.165, 1.54) is 0 Å². The molecule has 1 aromatic rings. The van der Waals surface area contributed by atoms with Crippen molar-refractivity contribution in [2.75, 3.05) is 33.3 Å². The molecule has 1 unspecified atom stereocenters. The molecule has 1 fully saturated rings. The fraction of sp³-hybridized carbons (Fsp3) is 0.824. The summed E-state index contributed by atoms with van der Waals surface area (Å²) in [5.74, 6) is 1.16. The molecule has 25 heavy (non-hydrogen) atoms. The van der Waals surface area contributed by atoms with Crippen LogP contribution in [0.15, 0.2) is 4.52 Å². The van der Waals surface area contributed by atoms with Crippen LogP contribution >= 0.6 is 0 Å². The van der Waals surface area contributed by atoms with Gasteiger partial charge in [0.2, 0.25) is 11.8 Å². The first-order valence-corrected chi connectivity index (χ1v) is 8.84. The van der Waals surface area contributed by atoms with Crippen molar-refractivity contribution < 1.29 is 14.1 Å². The molecule has 1 saturated heterocycles. The highest BCUT2D eigenvalue weighted by Gasteiger charge is 2.32. The summed E-state index contributed by atoms with van der Waals surface area (Å²) in [5, 5.41) is 3.95. The number of ether oxygens (including phenoxy) is 1. The number of nitrogens with zero attached hydrogens (tertiary/aromatic N) is 4. The quantitative estimate of drug-likeness (QED) is 0.849. The van der Waals surface area contributed by atoms with E-state index in [1.54, 1.807) is 7.11 Å². The van der Waals surface area contributed by atoms with Crippen LogP contribution in [0.2, 0.25) is 0 Å². The third-order valence-electron chi connectivity index (χ3n) is 4.66. The fourth-order valence-corrected chi connectivity index (χ4v) is 2.71. The zero-order valence-electron chi connectivity index (χ0n) is 16.0. The first-order chi connectivity index (χ1) is 11.7. The van der Waals surface area contributed by atoms with Gasteiger partial charge in [-0.15, -0.1) is 0 Å². The van der Waals surface area contributed by atoms with Crippen molar-refractivity contribution >= 4 is 5.91 Å². The maximum Gasteiger partial charge on any atom is 0.240 e.